The number of nitrogens with one attached hydrogen (secondary N) is 1. The van der Waals surface area contributed by atoms with Crippen molar-refractivity contribution in [1.82, 2.24) is 10.3 Å². The zero-order chi connectivity index (χ0) is 19.1. The molecule has 1 heterocycles. The van der Waals surface area contributed by atoms with E-state index in [4.69, 9.17) is 21.6 Å². The fourth-order valence-corrected chi connectivity index (χ4v) is 2.54. The number of rotatable bonds is 6. The normalized spacial score (nSPS) is 10.1. The van der Waals surface area contributed by atoms with Crippen LogP contribution in [0, 0.1) is 11.3 Å². The predicted octanol–water partition coefficient (Wildman–Crippen LogP) is 4.84. The molecule has 0 bridgehead atoms. The van der Waals surface area contributed by atoms with Crippen LogP contribution in [0.5, 0.6) is 11.6 Å². The molecule has 1 amide bonds. The number of amides is 1. The van der Waals surface area contributed by atoms with Gasteiger partial charge in [-0.3, -0.25) is 4.79 Å². The minimum absolute atomic E-state index is 0.222. The Kier molecular flexibility index (Phi) is 6.03. The third-order valence-corrected chi connectivity index (χ3v) is 3.95. The monoisotopic (exact) mass is 377 g/mol. The van der Waals surface area contributed by atoms with E-state index in [1.807, 2.05) is 24.3 Å². The molecule has 6 heteroatoms. The summed E-state index contributed by atoms with van der Waals surface area (Å²) in [7, 11) is 0. The van der Waals surface area contributed by atoms with Crippen molar-refractivity contribution in [2.24, 2.45) is 0 Å². The van der Waals surface area contributed by atoms with Gasteiger partial charge in [0, 0.05) is 28.8 Å². The number of carbonyl (C=O) groups is 1. The van der Waals surface area contributed by atoms with E-state index in [1.165, 1.54) is 0 Å². The minimum atomic E-state index is -0.222. The summed E-state index contributed by atoms with van der Waals surface area (Å²) < 4.78 is 5.76. The van der Waals surface area contributed by atoms with Gasteiger partial charge in [-0.1, -0.05) is 29.8 Å². The lowest BCUT2D eigenvalue weighted by Crippen LogP contribution is -2.24. The van der Waals surface area contributed by atoms with Crippen molar-refractivity contribution in [2.75, 3.05) is 6.54 Å². The van der Waals surface area contributed by atoms with Gasteiger partial charge in [-0.05, 0) is 42.5 Å². The quantitative estimate of drug-likeness (QED) is 0.624. The van der Waals surface area contributed by atoms with Crippen LogP contribution in [0.3, 0.4) is 0 Å². The summed E-state index contributed by atoms with van der Waals surface area (Å²) in [6.07, 6.45) is 0.275. The van der Waals surface area contributed by atoms with Crippen molar-refractivity contribution in [2.45, 2.75) is 6.42 Å². The molecule has 0 saturated carbocycles. The summed E-state index contributed by atoms with van der Waals surface area (Å²) >= 11 is 5.88. The van der Waals surface area contributed by atoms with Crippen molar-refractivity contribution in [3.63, 3.8) is 0 Å². The fourth-order valence-electron chi connectivity index (χ4n) is 2.41. The lowest BCUT2D eigenvalue weighted by atomic mass is 10.1. The van der Waals surface area contributed by atoms with E-state index < -0.39 is 0 Å². The van der Waals surface area contributed by atoms with Gasteiger partial charge in [-0.15, -0.1) is 0 Å². The lowest BCUT2D eigenvalue weighted by Gasteiger charge is -2.08. The number of pyridine rings is 1. The largest absolute Gasteiger partial charge is 0.439 e. The molecule has 3 rings (SSSR count). The Morgan fingerprint density at radius 2 is 1.89 bits per heavy atom. The highest BCUT2D eigenvalue weighted by molar-refractivity contribution is 6.30. The maximum Gasteiger partial charge on any atom is 0.251 e. The molecule has 0 fully saturated rings. The standard InChI is InChI=1S/C21H16ClN3O2/c22-17-8-10-18(11-9-17)27-20-7-2-6-19(25-20)15-4-1-5-16(14-15)21(26)24-13-3-12-23/h1-2,4-11,14H,3,13H2,(H,24,26). The summed E-state index contributed by atoms with van der Waals surface area (Å²) in [6, 6.07) is 21.6. The van der Waals surface area contributed by atoms with Crippen molar-refractivity contribution >= 4 is 17.5 Å². The van der Waals surface area contributed by atoms with E-state index in [9.17, 15) is 4.79 Å². The number of nitriles is 1. The summed E-state index contributed by atoms with van der Waals surface area (Å²) in [4.78, 5) is 16.7. The van der Waals surface area contributed by atoms with E-state index in [0.717, 1.165) is 5.56 Å². The highest BCUT2D eigenvalue weighted by Gasteiger charge is 2.08. The average Bonchev–Trinajstić information content (AvgIpc) is 2.70. The van der Waals surface area contributed by atoms with E-state index in [1.54, 1.807) is 48.5 Å². The topological polar surface area (TPSA) is 75.0 Å². The highest BCUT2D eigenvalue weighted by atomic mass is 35.5. The molecule has 0 aliphatic rings. The number of aromatic nitrogens is 1. The van der Waals surface area contributed by atoms with Gasteiger partial charge in [0.15, 0.2) is 0 Å². The molecule has 0 radical (unpaired) electrons. The van der Waals surface area contributed by atoms with E-state index in [-0.39, 0.29) is 12.3 Å². The second kappa shape index (κ2) is 8.84. The molecule has 0 spiro atoms. The van der Waals surface area contributed by atoms with Crippen molar-refractivity contribution in [3.8, 4) is 29.0 Å². The number of ether oxygens (including phenoxy) is 1. The van der Waals surface area contributed by atoms with Gasteiger partial charge in [0.05, 0.1) is 18.2 Å². The fraction of sp³-hybridized carbons (Fsp3) is 0.0952. The Balaban J connectivity index is 1.78. The molecular formula is C21H16ClN3O2. The maximum atomic E-state index is 12.2. The Labute approximate surface area is 162 Å². The Morgan fingerprint density at radius 1 is 1.11 bits per heavy atom. The van der Waals surface area contributed by atoms with Gasteiger partial charge in [-0.2, -0.15) is 5.26 Å². The first-order chi connectivity index (χ1) is 13.2. The summed E-state index contributed by atoms with van der Waals surface area (Å²) in [5.74, 6) is 0.856. The molecule has 0 aliphatic carbocycles. The van der Waals surface area contributed by atoms with Crippen LogP contribution in [0.15, 0.2) is 66.7 Å². The molecular weight excluding hydrogens is 362 g/mol. The first kappa shape index (κ1) is 18.4. The van der Waals surface area contributed by atoms with Crippen molar-refractivity contribution in [3.05, 3.63) is 77.3 Å². The first-order valence-electron chi connectivity index (χ1n) is 8.32. The third-order valence-electron chi connectivity index (χ3n) is 3.70. The molecule has 134 valence electrons. The van der Waals surface area contributed by atoms with Crippen molar-refractivity contribution in [1.29, 1.82) is 5.26 Å². The third kappa shape index (κ3) is 5.06. The van der Waals surface area contributed by atoms with Gasteiger partial charge in [0.25, 0.3) is 5.91 Å². The Hall–Kier alpha value is -3.36. The number of hydrogen-bond donors (Lipinski definition) is 1. The van der Waals surface area contributed by atoms with Crippen LogP contribution in [0.25, 0.3) is 11.3 Å². The predicted molar refractivity (Wildman–Crippen MR) is 104 cm³/mol. The van der Waals surface area contributed by atoms with Gasteiger partial charge < -0.3 is 10.1 Å². The number of halogens is 1. The molecule has 1 aromatic heterocycles. The number of hydrogen-bond acceptors (Lipinski definition) is 4. The van der Waals surface area contributed by atoms with Gasteiger partial charge >= 0.3 is 0 Å². The van der Waals surface area contributed by atoms with Crippen molar-refractivity contribution < 1.29 is 9.53 Å². The highest BCUT2D eigenvalue weighted by Crippen LogP contribution is 2.25. The zero-order valence-electron chi connectivity index (χ0n) is 14.4. The van der Waals surface area contributed by atoms with Gasteiger partial charge in [-0.25, -0.2) is 4.98 Å². The molecule has 27 heavy (non-hydrogen) atoms. The first-order valence-corrected chi connectivity index (χ1v) is 8.69. The van der Waals surface area contributed by atoms with Crippen LogP contribution < -0.4 is 10.1 Å². The molecule has 5 nitrogen and oxygen atoms in total. The van der Waals surface area contributed by atoms with E-state index in [0.29, 0.717) is 34.5 Å². The second-order valence-electron chi connectivity index (χ2n) is 5.66. The smallest absolute Gasteiger partial charge is 0.251 e. The number of benzene rings is 2. The molecule has 1 N–H and O–H groups in total. The summed E-state index contributed by atoms with van der Waals surface area (Å²) in [5, 5.41) is 11.9. The SMILES string of the molecule is N#CCCNC(=O)c1cccc(-c2cccc(Oc3ccc(Cl)cc3)n2)c1. The van der Waals surface area contributed by atoms with Crippen LogP contribution in [0.4, 0.5) is 0 Å². The maximum absolute atomic E-state index is 12.2. The molecule has 2 aromatic carbocycles. The Morgan fingerprint density at radius 3 is 2.67 bits per heavy atom. The molecule has 0 unspecified atom stereocenters. The summed E-state index contributed by atoms with van der Waals surface area (Å²) in [6.45, 7) is 0.322. The zero-order valence-corrected chi connectivity index (χ0v) is 15.1. The molecule has 3 aromatic rings. The van der Waals surface area contributed by atoms with Crippen LogP contribution in [0.2, 0.25) is 5.02 Å². The van der Waals surface area contributed by atoms with E-state index in [2.05, 4.69) is 10.3 Å². The molecule has 0 atom stereocenters. The summed E-state index contributed by atoms with van der Waals surface area (Å²) in [5.41, 5.74) is 1.99. The van der Waals surface area contributed by atoms with Crippen LogP contribution in [-0.2, 0) is 0 Å². The number of nitrogens with zero attached hydrogens (tertiary/aromatic N) is 2. The van der Waals surface area contributed by atoms with Crippen LogP contribution >= 0.6 is 11.6 Å². The lowest BCUT2D eigenvalue weighted by molar-refractivity contribution is 0.0954. The Bertz CT molecular complexity index is 981. The van der Waals surface area contributed by atoms with E-state index >= 15 is 0 Å². The average molecular weight is 378 g/mol. The van der Waals surface area contributed by atoms with Gasteiger partial charge in [0.1, 0.15) is 5.75 Å². The van der Waals surface area contributed by atoms with Crippen LogP contribution in [0.1, 0.15) is 16.8 Å². The molecule has 0 saturated heterocycles. The van der Waals surface area contributed by atoms with Crippen LogP contribution in [-0.4, -0.2) is 17.4 Å². The minimum Gasteiger partial charge on any atom is -0.439 e. The molecule has 0 aliphatic heterocycles. The second-order valence-corrected chi connectivity index (χ2v) is 6.10. The van der Waals surface area contributed by atoms with Gasteiger partial charge in [0.2, 0.25) is 5.88 Å². The number of carbonyl (C=O) groups excluding carboxylic acids is 1.